The van der Waals surface area contributed by atoms with Crippen molar-refractivity contribution in [3.8, 4) is 11.5 Å². The SMILES string of the molecule is CN1CCC(n2c(=O)n(Cc3ccc(-c4nnc(C(F)F)o4)cc3F)c3ccc(C4CCN(C(=O)OC(C)(C)C)CC4)cc32)CC1. The molecule has 1 amide bonds. The van der Waals surface area contributed by atoms with Crippen molar-refractivity contribution in [3.63, 3.8) is 0 Å². The van der Waals surface area contributed by atoms with Crippen LogP contribution < -0.4 is 5.69 Å². The molecule has 0 saturated carbocycles. The molecular formula is C33H39F3N6O4. The van der Waals surface area contributed by atoms with E-state index in [0.717, 1.165) is 55.9 Å². The lowest BCUT2D eigenvalue weighted by atomic mass is 9.89. The fourth-order valence-corrected chi connectivity index (χ4v) is 6.45. The molecule has 0 unspecified atom stereocenters. The van der Waals surface area contributed by atoms with E-state index in [0.29, 0.717) is 18.6 Å². The van der Waals surface area contributed by atoms with E-state index in [-0.39, 0.29) is 47.3 Å². The Morgan fingerprint density at radius 3 is 2.35 bits per heavy atom. The first-order chi connectivity index (χ1) is 21.9. The zero-order valence-corrected chi connectivity index (χ0v) is 26.5. The van der Waals surface area contributed by atoms with E-state index in [1.54, 1.807) is 9.47 Å². The van der Waals surface area contributed by atoms with Crippen LogP contribution in [0.5, 0.6) is 0 Å². The van der Waals surface area contributed by atoms with Gasteiger partial charge in [0.2, 0.25) is 5.89 Å². The van der Waals surface area contributed by atoms with Crippen molar-refractivity contribution in [1.82, 2.24) is 29.1 Å². The van der Waals surface area contributed by atoms with Gasteiger partial charge in [-0.1, -0.05) is 12.1 Å². The van der Waals surface area contributed by atoms with Crippen LogP contribution in [0.25, 0.3) is 22.5 Å². The lowest BCUT2D eigenvalue weighted by molar-refractivity contribution is 0.0205. The summed E-state index contributed by atoms with van der Waals surface area (Å²) in [7, 11) is 2.07. The zero-order valence-electron chi connectivity index (χ0n) is 26.5. The van der Waals surface area contributed by atoms with Gasteiger partial charge in [-0.2, -0.15) is 8.78 Å². The minimum Gasteiger partial charge on any atom is -0.444 e. The van der Waals surface area contributed by atoms with E-state index in [9.17, 15) is 18.4 Å². The third kappa shape index (κ3) is 6.55. The number of rotatable bonds is 6. The molecular weight excluding hydrogens is 601 g/mol. The highest BCUT2D eigenvalue weighted by atomic mass is 19.3. The Hall–Kier alpha value is -4.13. The zero-order chi connectivity index (χ0) is 32.7. The number of halogens is 3. The Labute approximate surface area is 264 Å². The third-order valence-corrected chi connectivity index (χ3v) is 8.91. The largest absolute Gasteiger partial charge is 0.444 e. The van der Waals surface area contributed by atoms with Crippen molar-refractivity contribution < 1.29 is 27.1 Å². The Balaban J connectivity index is 1.30. The van der Waals surface area contributed by atoms with Crippen molar-refractivity contribution >= 4 is 17.1 Å². The van der Waals surface area contributed by atoms with E-state index >= 15 is 4.39 Å². The van der Waals surface area contributed by atoms with Crippen LogP contribution in [0, 0.1) is 5.82 Å². The highest BCUT2D eigenvalue weighted by Gasteiger charge is 2.29. The molecule has 0 aliphatic carbocycles. The predicted molar refractivity (Wildman–Crippen MR) is 165 cm³/mol. The van der Waals surface area contributed by atoms with Gasteiger partial charge >= 0.3 is 18.2 Å². The molecule has 0 atom stereocenters. The molecule has 2 aliphatic heterocycles. The number of aromatic nitrogens is 4. The molecule has 0 N–H and O–H groups in total. The molecule has 6 rings (SSSR count). The summed E-state index contributed by atoms with van der Waals surface area (Å²) in [6.45, 7) is 8.46. The summed E-state index contributed by atoms with van der Waals surface area (Å²) in [5, 5.41) is 6.91. The maximum atomic E-state index is 15.4. The van der Waals surface area contributed by atoms with Gasteiger partial charge in [-0.05, 0) is 102 Å². The molecule has 2 aliphatic rings. The molecule has 2 fully saturated rings. The summed E-state index contributed by atoms with van der Waals surface area (Å²) in [6.07, 6.45) is -0.0285. The first-order valence-corrected chi connectivity index (χ1v) is 15.7. The van der Waals surface area contributed by atoms with Gasteiger partial charge in [0.05, 0.1) is 17.6 Å². The van der Waals surface area contributed by atoms with Crippen molar-refractivity contribution in [1.29, 1.82) is 0 Å². The van der Waals surface area contributed by atoms with Crippen molar-refractivity contribution in [2.24, 2.45) is 0 Å². The van der Waals surface area contributed by atoms with Crippen molar-refractivity contribution in [3.05, 3.63) is 69.7 Å². The second-order valence-corrected chi connectivity index (χ2v) is 13.3. The van der Waals surface area contributed by atoms with Crippen molar-refractivity contribution in [2.75, 3.05) is 33.2 Å². The Bertz CT molecular complexity index is 1780. The number of carbonyl (C=O) groups excluding carboxylic acids is 1. The van der Waals surface area contributed by atoms with Crippen LogP contribution >= 0.6 is 0 Å². The fourth-order valence-electron chi connectivity index (χ4n) is 6.45. The quantitative estimate of drug-likeness (QED) is 0.242. The molecule has 13 heteroatoms. The van der Waals surface area contributed by atoms with Crippen LogP contribution in [0.15, 0.2) is 45.6 Å². The molecule has 246 valence electrons. The van der Waals surface area contributed by atoms with Gasteiger partial charge in [0.25, 0.3) is 5.89 Å². The molecule has 0 bridgehead atoms. The average Bonchev–Trinajstić information content (AvgIpc) is 3.61. The van der Waals surface area contributed by atoms with E-state index in [1.807, 2.05) is 37.5 Å². The van der Waals surface area contributed by atoms with Crippen LogP contribution in [0.4, 0.5) is 18.0 Å². The van der Waals surface area contributed by atoms with Gasteiger partial charge in [-0.15, -0.1) is 10.2 Å². The lowest BCUT2D eigenvalue weighted by Crippen LogP contribution is -2.41. The molecule has 10 nitrogen and oxygen atoms in total. The molecule has 2 aromatic heterocycles. The van der Waals surface area contributed by atoms with E-state index in [2.05, 4.69) is 28.2 Å². The molecule has 2 saturated heterocycles. The lowest BCUT2D eigenvalue weighted by Gasteiger charge is -2.33. The third-order valence-electron chi connectivity index (χ3n) is 8.91. The van der Waals surface area contributed by atoms with Gasteiger partial charge in [0.1, 0.15) is 11.4 Å². The van der Waals surface area contributed by atoms with E-state index in [4.69, 9.17) is 9.15 Å². The van der Waals surface area contributed by atoms with Crippen LogP contribution in [-0.2, 0) is 11.3 Å². The Morgan fingerprint density at radius 1 is 1.00 bits per heavy atom. The number of piperidine rings is 2. The number of likely N-dealkylation sites (tertiary alicyclic amines) is 2. The summed E-state index contributed by atoms with van der Waals surface area (Å²) >= 11 is 0. The van der Waals surface area contributed by atoms with Crippen LogP contribution in [0.1, 0.15) is 81.9 Å². The van der Waals surface area contributed by atoms with E-state index < -0.39 is 23.7 Å². The number of nitrogens with zero attached hydrogens (tertiary/aromatic N) is 6. The van der Waals surface area contributed by atoms with Gasteiger partial charge in [0, 0.05) is 30.3 Å². The topological polar surface area (TPSA) is 98.6 Å². The monoisotopic (exact) mass is 640 g/mol. The predicted octanol–water partition coefficient (Wildman–Crippen LogP) is 6.36. The molecule has 0 radical (unpaired) electrons. The molecule has 4 heterocycles. The highest BCUT2D eigenvalue weighted by molar-refractivity contribution is 5.78. The smallest absolute Gasteiger partial charge is 0.410 e. The number of carbonyl (C=O) groups is 1. The van der Waals surface area contributed by atoms with Crippen molar-refractivity contribution in [2.45, 2.75) is 77.0 Å². The fraction of sp³-hybridized carbons (Fsp3) is 0.515. The second-order valence-electron chi connectivity index (χ2n) is 13.3. The number of imidazole rings is 1. The van der Waals surface area contributed by atoms with Crippen LogP contribution in [-0.4, -0.2) is 74.1 Å². The molecule has 4 aromatic rings. The molecule has 0 spiro atoms. The Morgan fingerprint density at radius 2 is 1.72 bits per heavy atom. The minimum atomic E-state index is -2.93. The molecule has 2 aromatic carbocycles. The van der Waals surface area contributed by atoms with Gasteiger partial charge in [-0.3, -0.25) is 9.13 Å². The number of fused-ring (bicyclic) bond motifs is 1. The van der Waals surface area contributed by atoms with Crippen LogP contribution in [0.2, 0.25) is 0 Å². The summed E-state index contributed by atoms with van der Waals surface area (Å²) in [6, 6.07) is 10.2. The number of hydrogen-bond acceptors (Lipinski definition) is 7. The van der Waals surface area contributed by atoms with Gasteiger partial charge in [-0.25, -0.2) is 14.0 Å². The maximum absolute atomic E-state index is 15.4. The summed E-state index contributed by atoms with van der Waals surface area (Å²) in [5.41, 5.74) is 2.31. The maximum Gasteiger partial charge on any atom is 0.410 e. The first-order valence-electron chi connectivity index (χ1n) is 15.7. The van der Waals surface area contributed by atoms with Gasteiger partial charge in [0.15, 0.2) is 0 Å². The van der Waals surface area contributed by atoms with Crippen LogP contribution in [0.3, 0.4) is 0 Å². The number of hydrogen-bond donors (Lipinski definition) is 0. The number of ether oxygens (including phenoxy) is 1. The summed E-state index contributed by atoms with van der Waals surface area (Å²) < 4.78 is 55.2. The number of benzene rings is 2. The normalized spacial score (nSPS) is 17.3. The first kappa shape index (κ1) is 31.8. The summed E-state index contributed by atoms with van der Waals surface area (Å²) in [4.78, 5) is 30.7. The highest BCUT2D eigenvalue weighted by Crippen LogP contribution is 2.33. The van der Waals surface area contributed by atoms with Gasteiger partial charge < -0.3 is 19.0 Å². The van der Waals surface area contributed by atoms with E-state index in [1.165, 1.54) is 12.1 Å². The number of amides is 1. The second kappa shape index (κ2) is 12.6. The molecule has 46 heavy (non-hydrogen) atoms. The summed E-state index contributed by atoms with van der Waals surface area (Å²) in [5.74, 6) is -1.44. The number of alkyl halides is 2. The standard InChI is InChI=1S/C33H39F3N6O4/c1-33(2,3)46-32(44)40-15-9-20(10-16-40)21-7-8-26-27(18-21)42(24-11-13-39(4)14-12-24)31(43)41(26)19-23-6-5-22(17-25(23)34)29-37-38-30(45-29)28(35)36/h5-8,17-18,20,24,28H,9-16,19H2,1-4H3. The average molecular weight is 641 g/mol. The Kier molecular flexibility index (Phi) is 8.70. The minimum absolute atomic E-state index is 0.00509.